The van der Waals surface area contributed by atoms with Gasteiger partial charge in [-0.1, -0.05) is 18.2 Å². The van der Waals surface area contributed by atoms with E-state index in [9.17, 15) is 14.4 Å². The number of carbonyl (C=O) groups excluding carboxylic acids is 3. The van der Waals surface area contributed by atoms with Crippen LogP contribution >= 0.6 is 0 Å². The Morgan fingerprint density at radius 1 is 1.21 bits per heavy atom. The van der Waals surface area contributed by atoms with Gasteiger partial charge in [-0.25, -0.2) is 14.5 Å². The van der Waals surface area contributed by atoms with Gasteiger partial charge >= 0.3 is 12.1 Å². The van der Waals surface area contributed by atoms with Gasteiger partial charge in [0.2, 0.25) is 0 Å². The van der Waals surface area contributed by atoms with Gasteiger partial charge in [-0.3, -0.25) is 0 Å². The average Bonchev–Trinajstić information content (AvgIpc) is 2.44. The van der Waals surface area contributed by atoms with Crippen molar-refractivity contribution in [1.82, 2.24) is 10.6 Å². The average molecular weight is 265 g/mol. The van der Waals surface area contributed by atoms with Crippen LogP contribution in [-0.4, -0.2) is 38.7 Å². The lowest BCUT2D eigenvalue weighted by Gasteiger charge is -2.21. The zero-order valence-corrected chi connectivity index (χ0v) is 10.5. The second kappa shape index (κ2) is 7.83. The molecule has 0 saturated carbocycles. The van der Waals surface area contributed by atoms with Crippen molar-refractivity contribution in [2.45, 2.75) is 0 Å². The summed E-state index contributed by atoms with van der Waals surface area (Å²) in [4.78, 5) is 34.9. The number of rotatable bonds is 5. The molecule has 1 aromatic carbocycles. The van der Waals surface area contributed by atoms with Crippen LogP contribution in [0.3, 0.4) is 0 Å². The van der Waals surface area contributed by atoms with Gasteiger partial charge < -0.3 is 20.2 Å². The summed E-state index contributed by atoms with van der Waals surface area (Å²) >= 11 is 0. The lowest BCUT2D eigenvalue weighted by atomic mass is 10.3. The summed E-state index contributed by atoms with van der Waals surface area (Å²) in [5.41, 5.74) is 0.388. The topological polar surface area (TPSA) is 87.7 Å². The van der Waals surface area contributed by atoms with Crippen LogP contribution in [0.5, 0.6) is 0 Å². The molecule has 0 saturated heterocycles. The number of amides is 4. The molecule has 2 N–H and O–H groups in total. The second-order valence-electron chi connectivity index (χ2n) is 3.44. The van der Waals surface area contributed by atoms with Crippen LogP contribution in [0.4, 0.5) is 15.3 Å². The molecule has 7 heteroatoms. The van der Waals surface area contributed by atoms with E-state index in [1.54, 1.807) is 30.3 Å². The van der Waals surface area contributed by atoms with Gasteiger partial charge in [0.1, 0.15) is 13.0 Å². The highest BCUT2D eigenvalue weighted by molar-refractivity contribution is 6.13. The van der Waals surface area contributed by atoms with E-state index in [0.29, 0.717) is 12.0 Å². The van der Waals surface area contributed by atoms with E-state index < -0.39 is 12.1 Å². The number of aldehydes is 1. The number of nitrogens with zero attached hydrogens (tertiary/aromatic N) is 1. The Balaban J connectivity index is 2.87. The first-order chi connectivity index (χ1) is 9.20. The smallest absolute Gasteiger partial charge is 0.331 e. The molecule has 19 heavy (non-hydrogen) atoms. The molecule has 7 nitrogen and oxygen atoms in total. The summed E-state index contributed by atoms with van der Waals surface area (Å²) in [7, 11) is 1.42. The zero-order valence-electron chi connectivity index (χ0n) is 10.5. The third kappa shape index (κ3) is 4.40. The van der Waals surface area contributed by atoms with Gasteiger partial charge in [0, 0.05) is 7.11 Å². The molecule has 0 heterocycles. The molecule has 102 valence electrons. The number of urea groups is 2. The highest BCUT2D eigenvalue weighted by atomic mass is 16.5. The van der Waals surface area contributed by atoms with Crippen molar-refractivity contribution in [1.29, 1.82) is 0 Å². The highest BCUT2D eigenvalue weighted by Gasteiger charge is 2.22. The summed E-state index contributed by atoms with van der Waals surface area (Å²) in [5.74, 6) is 0. The zero-order chi connectivity index (χ0) is 14.1. The first-order valence-corrected chi connectivity index (χ1v) is 5.54. The Bertz CT molecular complexity index is 436. The standard InChI is InChI=1S/C12H15N3O4/c1-19-9-14-12(18)15(11(17)13-7-8-16)10-5-3-2-4-6-10/h2-6,8H,7,9H2,1H3,(H,13,17)(H,14,18). The third-order valence-corrected chi connectivity index (χ3v) is 2.12. The lowest BCUT2D eigenvalue weighted by Crippen LogP contribution is -2.49. The number of ether oxygens (including phenoxy) is 1. The fourth-order valence-electron chi connectivity index (χ4n) is 1.32. The molecule has 0 radical (unpaired) electrons. The van der Waals surface area contributed by atoms with Crippen LogP contribution in [0.2, 0.25) is 0 Å². The number of imide groups is 1. The number of hydrogen-bond acceptors (Lipinski definition) is 4. The van der Waals surface area contributed by atoms with Gasteiger partial charge in [-0.2, -0.15) is 0 Å². The molecule has 0 aromatic heterocycles. The van der Waals surface area contributed by atoms with E-state index in [1.807, 2.05) is 0 Å². The first kappa shape index (κ1) is 14.7. The van der Waals surface area contributed by atoms with Crippen LogP contribution < -0.4 is 15.5 Å². The van der Waals surface area contributed by atoms with E-state index in [0.717, 1.165) is 4.90 Å². The Kier molecular flexibility index (Phi) is 6.04. The van der Waals surface area contributed by atoms with Gasteiger partial charge in [0.25, 0.3) is 0 Å². The summed E-state index contributed by atoms with van der Waals surface area (Å²) < 4.78 is 4.71. The molecule has 1 rings (SSSR count). The third-order valence-electron chi connectivity index (χ3n) is 2.12. The van der Waals surface area contributed by atoms with Crippen molar-refractivity contribution in [2.75, 3.05) is 25.3 Å². The van der Waals surface area contributed by atoms with E-state index in [4.69, 9.17) is 4.74 Å². The minimum Gasteiger partial charge on any atom is -0.364 e. The maximum atomic E-state index is 11.9. The Labute approximate surface area is 110 Å². The fraction of sp³-hybridized carbons (Fsp3) is 0.250. The van der Waals surface area contributed by atoms with Crippen molar-refractivity contribution in [3.8, 4) is 0 Å². The van der Waals surface area contributed by atoms with E-state index >= 15 is 0 Å². The van der Waals surface area contributed by atoms with Crippen LogP contribution in [0, 0.1) is 0 Å². The lowest BCUT2D eigenvalue weighted by molar-refractivity contribution is -0.107. The van der Waals surface area contributed by atoms with Crippen LogP contribution in [0.15, 0.2) is 30.3 Å². The molecule has 0 atom stereocenters. The number of nitrogens with one attached hydrogen (secondary N) is 2. The number of anilines is 1. The van der Waals surface area contributed by atoms with Crippen molar-refractivity contribution in [2.24, 2.45) is 0 Å². The summed E-state index contributed by atoms with van der Waals surface area (Å²) in [6.07, 6.45) is 0.536. The van der Waals surface area contributed by atoms with Crippen LogP contribution in [0.25, 0.3) is 0 Å². The van der Waals surface area contributed by atoms with Crippen molar-refractivity contribution >= 4 is 24.0 Å². The molecule has 0 unspecified atom stereocenters. The molecule has 0 aliphatic heterocycles. The Morgan fingerprint density at radius 2 is 1.84 bits per heavy atom. The maximum absolute atomic E-state index is 11.9. The molecular weight excluding hydrogens is 250 g/mol. The number of hydrogen-bond donors (Lipinski definition) is 2. The van der Waals surface area contributed by atoms with Crippen LogP contribution in [-0.2, 0) is 9.53 Å². The molecule has 4 amide bonds. The molecule has 1 aromatic rings. The molecular formula is C12H15N3O4. The van der Waals surface area contributed by atoms with Gasteiger partial charge in [-0.15, -0.1) is 0 Å². The molecule has 0 fully saturated rings. The van der Waals surface area contributed by atoms with Gasteiger partial charge in [-0.05, 0) is 12.1 Å². The first-order valence-electron chi connectivity index (χ1n) is 5.54. The molecule has 0 aliphatic carbocycles. The maximum Gasteiger partial charge on any atom is 0.331 e. The Hall–Kier alpha value is -2.41. The Morgan fingerprint density at radius 3 is 2.42 bits per heavy atom. The van der Waals surface area contributed by atoms with Gasteiger partial charge in [0.05, 0.1) is 12.2 Å². The van der Waals surface area contributed by atoms with Crippen molar-refractivity contribution in [3.63, 3.8) is 0 Å². The van der Waals surface area contributed by atoms with E-state index in [1.165, 1.54) is 7.11 Å². The molecule has 0 spiro atoms. The van der Waals surface area contributed by atoms with E-state index in [-0.39, 0.29) is 13.3 Å². The second-order valence-corrected chi connectivity index (χ2v) is 3.44. The number of para-hydroxylation sites is 1. The SMILES string of the molecule is COCNC(=O)N(C(=O)NCC=O)c1ccccc1. The summed E-state index contributed by atoms with van der Waals surface area (Å²) in [5, 5.41) is 4.71. The van der Waals surface area contributed by atoms with Crippen LogP contribution in [0.1, 0.15) is 0 Å². The monoisotopic (exact) mass is 265 g/mol. The summed E-state index contributed by atoms with van der Waals surface area (Å²) in [6, 6.07) is 7.03. The predicted molar refractivity (Wildman–Crippen MR) is 68.8 cm³/mol. The number of carbonyl (C=O) groups is 3. The minimum absolute atomic E-state index is 0.0247. The van der Waals surface area contributed by atoms with Crippen molar-refractivity contribution < 1.29 is 19.1 Å². The molecule has 0 bridgehead atoms. The van der Waals surface area contributed by atoms with Crippen molar-refractivity contribution in [3.05, 3.63) is 30.3 Å². The minimum atomic E-state index is -0.688. The summed E-state index contributed by atoms with van der Waals surface area (Å²) in [6.45, 7) is -0.192. The van der Waals surface area contributed by atoms with E-state index in [2.05, 4.69) is 10.6 Å². The normalized spacial score (nSPS) is 9.53. The highest BCUT2D eigenvalue weighted by Crippen LogP contribution is 2.13. The fourth-order valence-corrected chi connectivity index (χ4v) is 1.32. The van der Waals surface area contributed by atoms with Gasteiger partial charge in [0.15, 0.2) is 0 Å². The predicted octanol–water partition coefficient (Wildman–Crippen LogP) is 0.715. The quantitative estimate of drug-likeness (QED) is 0.606. The largest absolute Gasteiger partial charge is 0.364 e. The number of methoxy groups -OCH3 is 1. The molecule has 0 aliphatic rings. The number of benzene rings is 1.